The highest BCUT2D eigenvalue weighted by Gasteiger charge is 2.32. The second-order valence-electron chi connectivity index (χ2n) is 8.62. The average molecular weight is 515 g/mol. The lowest BCUT2D eigenvalue weighted by molar-refractivity contribution is -0.138. The van der Waals surface area contributed by atoms with Crippen molar-refractivity contribution in [2.24, 2.45) is 4.99 Å². The van der Waals surface area contributed by atoms with Crippen LogP contribution in [0.4, 0.5) is 0 Å². The summed E-state index contributed by atoms with van der Waals surface area (Å²) in [5.41, 5.74) is 1.69. The number of carbonyl (C=O) groups excluding carboxylic acids is 1. The van der Waals surface area contributed by atoms with Crippen molar-refractivity contribution < 1.29 is 24.1 Å². The van der Waals surface area contributed by atoms with Gasteiger partial charge >= 0.3 is 5.97 Å². The number of hydrogen-bond donors (Lipinski definition) is 1. The first-order valence-electron chi connectivity index (χ1n) is 11.8. The molecule has 0 aliphatic carbocycles. The van der Waals surface area contributed by atoms with Gasteiger partial charge in [0, 0.05) is 11.3 Å². The van der Waals surface area contributed by atoms with Crippen LogP contribution in [0.5, 0.6) is 17.2 Å². The van der Waals surface area contributed by atoms with Crippen molar-refractivity contribution >= 4 is 39.9 Å². The molecule has 37 heavy (non-hydrogen) atoms. The lowest BCUT2D eigenvalue weighted by Crippen LogP contribution is -2.35. The van der Waals surface area contributed by atoms with Crippen molar-refractivity contribution in [1.82, 2.24) is 4.57 Å². The molecule has 0 fully saturated rings. The zero-order chi connectivity index (χ0) is 25.7. The normalized spacial score (nSPS) is 16.6. The van der Waals surface area contributed by atoms with Crippen molar-refractivity contribution in [3.8, 4) is 17.2 Å². The zero-order valence-electron chi connectivity index (χ0n) is 20.1. The third-order valence-corrected chi connectivity index (χ3v) is 7.46. The number of rotatable bonds is 4. The maximum absolute atomic E-state index is 13.6. The number of thiazole rings is 1. The van der Waals surface area contributed by atoms with Crippen LogP contribution in [0.15, 0.2) is 70.0 Å². The molecule has 0 radical (unpaired) electrons. The van der Waals surface area contributed by atoms with Crippen LogP contribution in [0, 0.1) is 0 Å². The fourth-order valence-electron chi connectivity index (χ4n) is 4.71. The van der Waals surface area contributed by atoms with E-state index in [1.807, 2.05) is 36.4 Å². The Balaban J connectivity index is 1.58. The number of hydrogen-bond acceptors (Lipinski definition) is 8. The van der Waals surface area contributed by atoms with Crippen LogP contribution in [-0.4, -0.2) is 29.0 Å². The van der Waals surface area contributed by atoms with Crippen LogP contribution in [-0.2, 0) is 9.53 Å². The fraction of sp³-hybridized carbons (Fsp3) is 0.179. The van der Waals surface area contributed by atoms with Gasteiger partial charge in [0.05, 0.1) is 16.7 Å². The van der Waals surface area contributed by atoms with Crippen LogP contribution in [0.1, 0.15) is 31.0 Å². The Morgan fingerprint density at radius 1 is 1.19 bits per heavy atom. The Morgan fingerprint density at radius 3 is 2.84 bits per heavy atom. The highest BCUT2D eigenvalue weighted by Crippen LogP contribution is 2.39. The molecule has 3 aromatic carbocycles. The Bertz CT molecular complexity index is 1800. The maximum Gasteiger partial charge on any atom is 0.338 e. The monoisotopic (exact) mass is 514 g/mol. The van der Waals surface area contributed by atoms with Crippen LogP contribution in [0.3, 0.4) is 0 Å². The molecule has 6 rings (SSSR count). The molecule has 0 saturated heterocycles. The van der Waals surface area contributed by atoms with Gasteiger partial charge in [0.1, 0.15) is 11.8 Å². The smallest absolute Gasteiger partial charge is 0.338 e. The fourth-order valence-corrected chi connectivity index (χ4v) is 5.73. The van der Waals surface area contributed by atoms with Crippen molar-refractivity contribution in [2.75, 3.05) is 13.4 Å². The summed E-state index contributed by atoms with van der Waals surface area (Å²) in [5.74, 6) is 0.734. The van der Waals surface area contributed by atoms with E-state index in [2.05, 4.69) is 0 Å². The number of aromatic nitrogens is 1. The minimum atomic E-state index is -0.689. The Hall–Kier alpha value is -4.37. The molecule has 1 N–H and O–H groups in total. The molecule has 3 heterocycles. The van der Waals surface area contributed by atoms with Gasteiger partial charge in [0.15, 0.2) is 16.3 Å². The van der Waals surface area contributed by atoms with E-state index >= 15 is 0 Å². The Kier molecular flexibility index (Phi) is 5.57. The number of fused-ring (bicyclic) bond motifs is 3. The van der Waals surface area contributed by atoms with Crippen LogP contribution < -0.4 is 24.4 Å². The van der Waals surface area contributed by atoms with E-state index < -0.39 is 12.0 Å². The number of phenolic OH excluding ortho intramolecular Hbond substituents is 1. The summed E-state index contributed by atoms with van der Waals surface area (Å²) in [6, 6.07) is 15.8. The molecule has 0 amide bonds. The van der Waals surface area contributed by atoms with Gasteiger partial charge in [-0.15, -0.1) is 0 Å². The van der Waals surface area contributed by atoms with Crippen molar-refractivity contribution in [2.45, 2.75) is 19.9 Å². The number of allylic oxidation sites excluding steroid dienone is 1. The van der Waals surface area contributed by atoms with E-state index in [9.17, 15) is 14.7 Å². The van der Waals surface area contributed by atoms with Gasteiger partial charge in [-0.2, -0.15) is 0 Å². The molecule has 8 nitrogen and oxygen atoms in total. The van der Waals surface area contributed by atoms with E-state index in [1.165, 1.54) is 15.9 Å². The minimum Gasteiger partial charge on any atom is -0.507 e. The molecule has 2 aliphatic heterocycles. The lowest BCUT2D eigenvalue weighted by Gasteiger charge is -2.22. The summed E-state index contributed by atoms with van der Waals surface area (Å²) < 4.78 is 18.1. The van der Waals surface area contributed by atoms with Gasteiger partial charge in [0.2, 0.25) is 6.79 Å². The number of aromatic hydroxyl groups is 1. The molecule has 0 spiro atoms. The van der Waals surface area contributed by atoms with E-state index in [1.54, 1.807) is 38.1 Å². The summed E-state index contributed by atoms with van der Waals surface area (Å²) in [4.78, 5) is 31.9. The first kappa shape index (κ1) is 23.1. The highest BCUT2D eigenvalue weighted by molar-refractivity contribution is 7.07. The molecule has 0 bridgehead atoms. The number of phenols is 1. The summed E-state index contributed by atoms with van der Waals surface area (Å²) in [7, 11) is 0. The topological polar surface area (TPSA) is 99.4 Å². The quantitative estimate of drug-likeness (QED) is 0.419. The third-order valence-electron chi connectivity index (χ3n) is 6.48. The van der Waals surface area contributed by atoms with Crippen LogP contribution in [0.2, 0.25) is 0 Å². The molecule has 4 aromatic rings. The van der Waals surface area contributed by atoms with Crippen molar-refractivity contribution in [3.05, 3.63) is 91.0 Å². The number of benzene rings is 3. The standard InChI is InChI=1S/C28H22N2O6S/c1-3-34-27(33)24-15(2)30-26(32)23(13-19-18-7-5-4-6-16(18)8-10-20(19)31)37-28(30)29-25(24)17-9-11-21-22(12-17)36-14-35-21/h4-13,25,31H,3,14H2,1-2H3/b23-13-/t25-/m1/s1. The zero-order valence-corrected chi connectivity index (χ0v) is 20.9. The summed E-state index contributed by atoms with van der Waals surface area (Å²) in [6.45, 7) is 3.77. The first-order chi connectivity index (χ1) is 18.0. The number of nitrogens with zero attached hydrogens (tertiary/aromatic N) is 2. The second kappa shape index (κ2) is 8.94. The van der Waals surface area contributed by atoms with Crippen LogP contribution >= 0.6 is 11.3 Å². The largest absolute Gasteiger partial charge is 0.507 e. The number of ether oxygens (including phenoxy) is 3. The lowest BCUT2D eigenvalue weighted by atomic mass is 9.96. The van der Waals surface area contributed by atoms with E-state index in [0.29, 0.717) is 32.1 Å². The van der Waals surface area contributed by atoms with E-state index in [0.717, 1.165) is 16.3 Å². The van der Waals surface area contributed by atoms with Gasteiger partial charge in [-0.3, -0.25) is 9.36 Å². The third kappa shape index (κ3) is 3.79. The Labute approximate surface area is 215 Å². The van der Waals surface area contributed by atoms with Gasteiger partial charge in [-0.25, -0.2) is 9.79 Å². The SMILES string of the molecule is CCOC(=O)C1=C(C)n2c(s/c(=C\c3c(O)ccc4ccccc34)c2=O)=N[C@@H]1c1ccc2c(c1)OCO2. The maximum atomic E-state index is 13.6. The van der Waals surface area contributed by atoms with E-state index in [4.69, 9.17) is 19.2 Å². The summed E-state index contributed by atoms with van der Waals surface area (Å²) in [6.07, 6.45) is 1.68. The predicted molar refractivity (Wildman–Crippen MR) is 139 cm³/mol. The molecule has 186 valence electrons. The molecule has 0 saturated carbocycles. The number of carbonyl (C=O) groups is 1. The van der Waals surface area contributed by atoms with Gasteiger partial charge in [-0.1, -0.05) is 47.7 Å². The summed E-state index contributed by atoms with van der Waals surface area (Å²) >= 11 is 1.20. The van der Waals surface area contributed by atoms with E-state index in [-0.39, 0.29) is 30.3 Å². The minimum absolute atomic E-state index is 0.0733. The average Bonchev–Trinajstić information content (AvgIpc) is 3.49. The molecule has 0 unspecified atom stereocenters. The molecule has 1 aromatic heterocycles. The van der Waals surface area contributed by atoms with Gasteiger partial charge in [-0.05, 0) is 54.5 Å². The molecule has 9 heteroatoms. The second-order valence-corrected chi connectivity index (χ2v) is 9.63. The molecule has 2 aliphatic rings. The Morgan fingerprint density at radius 2 is 2.00 bits per heavy atom. The first-order valence-corrected chi connectivity index (χ1v) is 12.6. The van der Waals surface area contributed by atoms with Crippen LogP contribution in [0.25, 0.3) is 22.5 Å². The van der Waals surface area contributed by atoms with Gasteiger partial charge < -0.3 is 19.3 Å². The van der Waals surface area contributed by atoms with Crippen molar-refractivity contribution in [3.63, 3.8) is 0 Å². The van der Waals surface area contributed by atoms with Gasteiger partial charge in [0.25, 0.3) is 5.56 Å². The highest BCUT2D eigenvalue weighted by atomic mass is 32.1. The molecular formula is C28H22N2O6S. The molecule has 1 atom stereocenters. The predicted octanol–water partition coefficient (Wildman–Crippen LogP) is 3.49. The molecular weight excluding hydrogens is 492 g/mol. The number of esters is 1. The van der Waals surface area contributed by atoms with Crippen molar-refractivity contribution in [1.29, 1.82) is 0 Å². The summed E-state index contributed by atoms with van der Waals surface area (Å²) in [5, 5.41) is 12.4.